The second-order valence-corrected chi connectivity index (χ2v) is 16.5. The maximum atomic E-state index is 14.0. The van der Waals surface area contributed by atoms with Gasteiger partial charge in [-0.15, -0.1) is 0 Å². The van der Waals surface area contributed by atoms with Crippen molar-refractivity contribution < 1.29 is 28.2 Å². The van der Waals surface area contributed by atoms with Gasteiger partial charge >= 0.3 is 0 Å². The molecular formula is C33H43N3O6S2. The van der Waals surface area contributed by atoms with Crippen molar-refractivity contribution in [3.63, 3.8) is 0 Å². The minimum atomic E-state index is -3.64. The van der Waals surface area contributed by atoms with Crippen molar-refractivity contribution in [3.05, 3.63) is 42.0 Å². The molecule has 0 radical (unpaired) electrons. The van der Waals surface area contributed by atoms with E-state index in [1.165, 1.54) is 17.8 Å². The van der Waals surface area contributed by atoms with Gasteiger partial charge in [-0.05, 0) is 80.2 Å². The molecule has 0 spiro atoms. The molecule has 44 heavy (non-hydrogen) atoms. The number of fused-ring (bicyclic) bond motifs is 6. The number of carbonyl (C=O) groups is 2. The highest BCUT2D eigenvalue weighted by molar-refractivity contribution is 7.99. The summed E-state index contributed by atoms with van der Waals surface area (Å²) in [5, 5.41) is 24.5. The molecule has 6 rings (SSSR count). The number of aliphatic hydroxyl groups is 2. The fourth-order valence-electron chi connectivity index (χ4n) is 9.16. The summed E-state index contributed by atoms with van der Waals surface area (Å²) < 4.78 is 28.0. The van der Waals surface area contributed by atoms with E-state index in [0.717, 1.165) is 31.3 Å². The maximum Gasteiger partial charge on any atom is 0.240 e. The summed E-state index contributed by atoms with van der Waals surface area (Å²) in [6, 6.07) is 4.71. The number of H-pyrrole nitrogens is 1. The van der Waals surface area contributed by atoms with E-state index in [1.807, 2.05) is 26.8 Å². The third kappa shape index (κ3) is 4.85. The van der Waals surface area contributed by atoms with Crippen LogP contribution < -0.4 is 4.72 Å². The van der Waals surface area contributed by atoms with Gasteiger partial charge in [0, 0.05) is 23.3 Å². The molecular weight excluding hydrogens is 599 g/mol. The predicted octanol–water partition coefficient (Wildman–Crippen LogP) is 4.56. The first-order valence-corrected chi connectivity index (χ1v) is 18.2. The molecule has 11 heteroatoms. The number of unbranched alkanes of at least 4 members (excludes halogenated alkanes) is 1. The molecule has 0 amide bonds. The van der Waals surface area contributed by atoms with Crippen LogP contribution >= 0.6 is 11.8 Å². The van der Waals surface area contributed by atoms with E-state index < -0.39 is 32.6 Å². The van der Waals surface area contributed by atoms with Gasteiger partial charge < -0.3 is 15.2 Å². The second kappa shape index (κ2) is 11.2. The number of ketones is 2. The molecule has 3 fully saturated rings. The fraction of sp³-hybridized carbons (Fsp3) is 0.606. The number of Topliss-reactive ketones (excluding diaryl/α,β-unsaturated/α-hetero) is 1. The number of hydrogen-bond acceptors (Lipinski definition) is 8. The number of aliphatic hydroxyl groups excluding tert-OH is 1. The van der Waals surface area contributed by atoms with Crippen LogP contribution in [0, 0.1) is 34.5 Å². The molecule has 1 aromatic carbocycles. The highest BCUT2D eigenvalue weighted by atomic mass is 32.2. The first-order chi connectivity index (χ1) is 20.7. The smallest absolute Gasteiger partial charge is 0.240 e. The van der Waals surface area contributed by atoms with Gasteiger partial charge in [0.15, 0.2) is 16.7 Å². The molecule has 0 aliphatic heterocycles. The Kier molecular flexibility index (Phi) is 8.05. The Morgan fingerprint density at radius 1 is 1.27 bits per heavy atom. The van der Waals surface area contributed by atoms with Crippen molar-refractivity contribution in [2.24, 2.45) is 34.5 Å². The monoisotopic (exact) mass is 641 g/mol. The van der Waals surface area contributed by atoms with Crippen LogP contribution in [-0.4, -0.2) is 64.2 Å². The summed E-state index contributed by atoms with van der Waals surface area (Å²) in [4.78, 5) is 33.9. The zero-order valence-electron chi connectivity index (χ0n) is 25.8. The Bertz CT molecular complexity index is 1670. The van der Waals surface area contributed by atoms with Crippen LogP contribution in [0.1, 0.15) is 66.2 Å². The summed E-state index contributed by atoms with van der Waals surface area (Å²) in [5.74, 6) is -0.465. The van der Waals surface area contributed by atoms with Crippen molar-refractivity contribution in [1.82, 2.24) is 14.7 Å². The number of thioether (sulfide) groups is 1. The topological polar surface area (TPSA) is 149 Å². The molecule has 2 aromatic rings. The maximum absolute atomic E-state index is 14.0. The van der Waals surface area contributed by atoms with Crippen molar-refractivity contribution >= 4 is 44.4 Å². The number of nitrogens with one attached hydrogen (secondary N) is 2. The molecule has 4 aliphatic rings. The highest BCUT2D eigenvalue weighted by Crippen LogP contribution is 2.68. The molecule has 0 bridgehead atoms. The standard InChI is InChI=1S/C33H43N3O6S2/c1-5-6-13-34-44(41,42)22-8-10-25-26(16-22)36-30(35-25)43-18-28(39)33(40)19(2)14-24-23-9-7-20-15-21(37)11-12-31(20,3)29(23)27(38)17-32(24,33)4/h8,10-12,15-16,19,23-24,27,29,34,38,40H,5-7,9,13-14,17-18H2,1-4H3,(H,35,36)/t19-,23?,24?,27+,29?,31?,32?,33+/m1/s1. The van der Waals surface area contributed by atoms with Gasteiger partial charge in [-0.2, -0.15) is 0 Å². The van der Waals surface area contributed by atoms with E-state index in [1.54, 1.807) is 24.3 Å². The Morgan fingerprint density at radius 3 is 2.80 bits per heavy atom. The molecule has 1 aromatic heterocycles. The summed E-state index contributed by atoms with van der Waals surface area (Å²) in [6.45, 7) is 8.41. The third-order valence-corrected chi connectivity index (χ3v) is 13.7. The predicted molar refractivity (Wildman–Crippen MR) is 169 cm³/mol. The Hall–Kier alpha value is -2.31. The molecule has 238 valence electrons. The van der Waals surface area contributed by atoms with Crippen LogP contribution in [0.2, 0.25) is 0 Å². The molecule has 4 aliphatic carbocycles. The number of hydrogen-bond donors (Lipinski definition) is 4. The second-order valence-electron chi connectivity index (χ2n) is 13.8. The van der Waals surface area contributed by atoms with Crippen LogP contribution in [0.25, 0.3) is 11.0 Å². The van der Waals surface area contributed by atoms with E-state index in [-0.39, 0.29) is 45.9 Å². The number of nitrogens with zero attached hydrogens (tertiary/aromatic N) is 1. The van der Waals surface area contributed by atoms with E-state index >= 15 is 0 Å². The normalized spacial score (nSPS) is 36.5. The van der Waals surface area contributed by atoms with Gasteiger partial charge in [0.1, 0.15) is 5.60 Å². The van der Waals surface area contributed by atoms with E-state index in [4.69, 9.17) is 0 Å². The van der Waals surface area contributed by atoms with Crippen LogP contribution in [0.4, 0.5) is 0 Å². The average molecular weight is 642 g/mol. The van der Waals surface area contributed by atoms with Gasteiger partial charge in [-0.1, -0.05) is 57.5 Å². The SMILES string of the molecule is CCCCNS(=O)(=O)c1ccc2nc(SCC(=O)[C@@]3(O)[C@H](C)CC4C5CCC6=CC(=O)C=CC6(C)C5[C@@H](O)CC43C)[nH]c2c1. The number of sulfonamides is 1. The minimum absolute atomic E-state index is 0.00707. The fourth-order valence-corrected chi connectivity index (χ4v) is 11.1. The quantitative estimate of drug-likeness (QED) is 0.230. The zero-order chi connectivity index (χ0) is 31.7. The van der Waals surface area contributed by atoms with E-state index in [9.17, 15) is 28.2 Å². The van der Waals surface area contributed by atoms with E-state index in [0.29, 0.717) is 35.6 Å². The number of imidazole rings is 1. The first kappa shape index (κ1) is 31.7. The third-order valence-electron chi connectivity index (χ3n) is 11.4. The van der Waals surface area contributed by atoms with Gasteiger partial charge in [0.05, 0.1) is 27.8 Å². The first-order valence-electron chi connectivity index (χ1n) is 15.7. The zero-order valence-corrected chi connectivity index (χ0v) is 27.4. The number of aromatic amines is 1. The van der Waals surface area contributed by atoms with Crippen LogP contribution in [-0.2, 0) is 19.6 Å². The van der Waals surface area contributed by atoms with Gasteiger partial charge in [0.2, 0.25) is 10.0 Å². The average Bonchev–Trinajstić information content (AvgIpc) is 3.47. The molecule has 1 heterocycles. The van der Waals surface area contributed by atoms with Crippen molar-refractivity contribution in [1.29, 1.82) is 0 Å². The minimum Gasteiger partial charge on any atom is -0.393 e. The number of allylic oxidation sites excluding steroid dienone is 4. The number of benzene rings is 1. The van der Waals surface area contributed by atoms with E-state index in [2.05, 4.69) is 21.6 Å². The lowest BCUT2D eigenvalue weighted by Gasteiger charge is -2.59. The molecule has 3 saturated carbocycles. The summed E-state index contributed by atoms with van der Waals surface area (Å²) in [7, 11) is -3.64. The molecule has 4 N–H and O–H groups in total. The molecule has 8 atom stereocenters. The highest BCUT2D eigenvalue weighted by Gasteiger charge is 2.70. The van der Waals surface area contributed by atoms with Crippen molar-refractivity contribution in [2.45, 2.75) is 88.0 Å². The summed E-state index contributed by atoms with van der Waals surface area (Å²) >= 11 is 1.20. The van der Waals surface area contributed by atoms with Crippen molar-refractivity contribution in [2.75, 3.05) is 12.3 Å². The lowest BCUT2D eigenvalue weighted by Crippen LogP contribution is -2.62. The number of aromatic nitrogens is 2. The number of carbonyl (C=O) groups excluding carboxylic acids is 2. The van der Waals surface area contributed by atoms with Crippen LogP contribution in [0.15, 0.2) is 52.1 Å². The Balaban J connectivity index is 1.20. The van der Waals surface area contributed by atoms with Gasteiger partial charge in [-0.3, -0.25) is 9.59 Å². The van der Waals surface area contributed by atoms with Gasteiger partial charge in [0.25, 0.3) is 0 Å². The van der Waals surface area contributed by atoms with Crippen LogP contribution in [0.3, 0.4) is 0 Å². The molecule has 9 nitrogen and oxygen atoms in total. The Labute approximate surface area is 263 Å². The lowest BCUT2D eigenvalue weighted by molar-refractivity contribution is -0.179. The summed E-state index contributed by atoms with van der Waals surface area (Å²) in [6.07, 6.45) is 8.83. The van der Waals surface area contributed by atoms with Crippen molar-refractivity contribution in [3.8, 4) is 0 Å². The van der Waals surface area contributed by atoms with Gasteiger partial charge in [-0.25, -0.2) is 18.1 Å². The molecule has 5 unspecified atom stereocenters. The number of rotatable bonds is 9. The van der Waals surface area contributed by atoms with Crippen LogP contribution in [0.5, 0.6) is 0 Å². The largest absolute Gasteiger partial charge is 0.393 e. The lowest BCUT2D eigenvalue weighted by atomic mass is 9.46. The Morgan fingerprint density at radius 2 is 2.05 bits per heavy atom. The molecule has 0 saturated heterocycles. The summed E-state index contributed by atoms with van der Waals surface area (Å²) in [5.41, 5.74) is -0.593.